The molecule has 50 heavy (non-hydrogen) atoms. The van der Waals surface area contributed by atoms with Crippen LogP contribution in [0.15, 0.2) is 72.8 Å². The van der Waals surface area contributed by atoms with Gasteiger partial charge in [0.05, 0.1) is 11.2 Å². The SMILES string of the molecule is CN(C)C1CCN(C(=O)Cn2c(-c3ccccc3)c(C3CCCCC3)c3ccc(C(=O)NC4(C(=O)Nc5[c]cccc5)CCCC4)cc32)CC1. The predicted molar refractivity (Wildman–Crippen MR) is 199 cm³/mol. The summed E-state index contributed by atoms with van der Waals surface area (Å²) in [4.78, 5) is 46.3. The van der Waals surface area contributed by atoms with Crippen molar-refractivity contribution in [2.75, 3.05) is 32.5 Å². The number of rotatable bonds is 9. The summed E-state index contributed by atoms with van der Waals surface area (Å²) in [5.41, 5.74) is 4.47. The molecule has 0 atom stereocenters. The van der Waals surface area contributed by atoms with Gasteiger partial charge in [-0.3, -0.25) is 14.4 Å². The minimum absolute atomic E-state index is 0.112. The smallest absolute Gasteiger partial charge is 0.252 e. The fourth-order valence-electron chi connectivity index (χ4n) is 8.65. The average molecular weight is 673 g/mol. The highest BCUT2D eigenvalue weighted by atomic mass is 16.2. The quantitative estimate of drug-likeness (QED) is 0.194. The monoisotopic (exact) mass is 672 g/mol. The first-order valence-electron chi connectivity index (χ1n) is 18.6. The van der Waals surface area contributed by atoms with Gasteiger partial charge in [-0.1, -0.05) is 86.7 Å². The van der Waals surface area contributed by atoms with Gasteiger partial charge in [0.25, 0.3) is 5.91 Å². The predicted octanol–water partition coefficient (Wildman–Crippen LogP) is 7.39. The number of benzene rings is 3. The van der Waals surface area contributed by atoms with Crippen LogP contribution >= 0.6 is 0 Å². The lowest BCUT2D eigenvalue weighted by molar-refractivity contribution is -0.133. The Morgan fingerprint density at radius 1 is 0.860 bits per heavy atom. The van der Waals surface area contributed by atoms with Crippen LogP contribution < -0.4 is 10.6 Å². The highest BCUT2D eigenvalue weighted by molar-refractivity contribution is 6.06. The number of hydrogen-bond donors (Lipinski definition) is 2. The first-order chi connectivity index (χ1) is 24.3. The van der Waals surface area contributed by atoms with Crippen molar-refractivity contribution in [3.63, 3.8) is 0 Å². The Morgan fingerprint density at radius 2 is 1.58 bits per heavy atom. The third-order valence-corrected chi connectivity index (χ3v) is 11.5. The number of likely N-dealkylation sites (tertiary alicyclic amines) is 1. The summed E-state index contributed by atoms with van der Waals surface area (Å²) in [6, 6.07) is 27.2. The van der Waals surface area contributed by atoms with Gasteiger partial charge in [-0.15, -0.1) is 0 Å². The molecule has 7 rings (SSSR count). The lowest BCUT2D eigenvalue weighted by Gasteiger charge is -2.35. The number of hydrogen-bond acceptors (Lipinski definition) is 4. The number of piperidine rings is 1. The highest BCUT2D eigenvalue weighted by Crippen LogP contribution is 2.44. The highest BCUT2D eigenvalue weighted by Gasteiger charge is 2.43. The Bertz CT molecular complexity index is 1810. The lowest BCUT2D eigenvalue weighted by Crippen LogP contribution is -2.55. The zero-order chi connectivity index (χ0) is 34.7. The maximum atomic E-state index is 14.1. The number of amides is 3. The van der Waals surface area contributed by atoms with Crippen LogP contribution in [0.1, 0.15) is 92.5 Å². The van der Waals surface area contributed by atoms with E-state index in [9.17, 15) is 14.4 Å². The number of nitrogens with zero attached hydrogens (tertiary/aromatic N) is 3. The molecule has 3 aliphatic rings. The molecule has 0 spiro atoms. The number of para-hydroxylation sites is 1. The number of aromatic nitrogens is 1. The Kier molecular flexibility index (Phi) is 10.1. The van der Waals surface area contributed by atoms with Crippen molar-refractivity contribution in [2.24, 2.45) is 0 Å². The van der Waals surface area contributed by atoms with E-state index in [1.165, 1.54) is 24.8 Å². The Labute approximate surface area is 296 Å². The molecule has 4 aromatic rings. The van der Waals surface area contributed by atoms with Crippen LogP contribution in [0.2, 0.25) is 0 Å². The number of anilines is 1. The van der Waals surface area contributed by atoms with Gasteiger partial charge < -0.3 is 25.0 Å². The fourth-order valence-corrected chi connectivity index (χ4v) is 8.65. The zero-order valence-electron chi connectivity index (χ0n) is 29.5. The maximum absolute atomic E-state index is 14.1. The molecule has 2 saturated carbocycles. The standard InChI is InChI=1S/C42H50N5O3/c1-45(2)34-22-26-46(27-23-34)37(48)29-47-36-28-32(40(49)44-42(24-12-13-25-42)41(50)43-33-18-10-5-11-19-33)20-21-35(36)38(30-14-6-3-7-15-30)39(47)31-16-8-4-9-17-31/h4-5,8-11,16-18,20-21,28,30,34H,3,6-7,12-15,22-27,29H2,1-2H3,(H,43,50)(H,44,49). The number of carbonyl (C=O) groups is 3. The number of carbonyl (C=O) groups excluding carboxylic acids is 3. The van der Waals surface area contributed by atoms with E-state index >= 15 is 0 Å². The Hall–Kier alpha value is -4.43. The van der Waals surface area contributed by atoms with Gasteiger partial charge in [0.2, 0.25) is 11.8 Å². The van der Waals surface area contributed by atoms with Crippen LogP contribution in [0.25, 0.3) is 22.2 Å². The molecule has 261 valence electrons. The van der Waals surface area contributed by atoms with Gasteiger partial charge in [0.15, 0.2) is 0 Å². The molecule has 1 aliphatic heterocycles. The summed E-state index contributed by atoms with van der Waals surface area (Å²) in [6.07, 6.45) is 10.7. The average Bonchev–Trinajstić information content (AvgIpc) is 3.76. The molecule has 1 saturated heterocycles. The molecule has 1 radical (unpaired) electrons. The molecule has 0 unspecified atom stereocenters. The van der Waals surface area contributed by atoms with E-state index in [1.54, 1.807) is 6.07 Å². The van der Waals surface area contributed by atoms with Gasteiger partial charge in [-0.05, 0) is 87.9 Å². The molecule has 3 aromatic carbocycles. The Morgan fingerprint density at radius 3 is 2.26 bits per heavy atom. The molecular weight excluding hydrogens is 622 g/mol. The topological polar surface area (TPSA) is 86.7 Å². The van der Waals surface area contributed by atoms with Crippen LogP contribution in [-0.2, 0) is 16.1 Å². The molecular formula is C42H50N5O3. The molecule has 8 nitrogen and oxygen atoms in total. The molecule has 1 aromatic heterocycles. The van der Waals surface area contributed by atoms with Crippen molar-refractivity contribution >= 4 is 34.3 Å². The van der Waals surface area contributed by atoms with Gasteiger partial charge in [0, 0.05) is 41.8 Å². The summed E-state index contributed by atoms with van der Waals surface area (Å²) in [7, 11) is 4.23. The van der Waals surface area contributed by atoms with Gasteiger partial charge in [-0.25, -0.2) is 0 Å². The van der Waals surface area contributed by atoms with E-state index in [0.717, 1.165) is 73.8 Å². The lowest BCUT2D eigenvalue weighted by atomic mass is 9.81. The Balaban J connectivity index is 1.27. The van der Waals surface area contributed by atoms with Gasteiger partial charge in [0.1, 0.15) is 12.1 Å². The second-order valence-electron chi connectivity index (χ2n) is 14.8. The van der Waals surface area contributed by atoms with E-state index in [1.807, 2.05) is 41.3 Å². The van der Waals surface area contributed by atoms with Crippen molar-refractivity contribution in [3.05, 3.63) is 90.0 Å². The summed E-state index contributed by atoms with van der Waals surface area (Å²) < 4.78 is 2.19. The van der Waals surface area contributed by atoms with Gasteiger partial charge >= 0.3 is 0 Å². The largest absolute Gasteiger partial charge is 0.341 e. The van der Waals surface area contributed by atoms with Crippen LogP contribution in [-0.4, -0.2) is 70.9 Å². The summed E-state index contributed by atoms with van der Waals surface area (Å²) >= 11 is 0. The van der Waals surface area contributed by atoms with E-state index < -0.39 is 5.54 Å². The first-order valence-corrected chi connectivity index (χ1v) is 18.6. The van der Waals surface area contributed by atoms with Crippen LogP contribution in [0.5, 0.6) is 0 Å². The molecule has 2 aliphatic carbocycles. The van der Waals surface area contributed by atoms with E-state index in [2.05, 4.69) is 70.6 Å². The number of nitrogens with one attached hydrogen (secondary N) is 2. The van der Waals surface area contributed by atoms with Crippen LogP contribution in [0, 0.1) is 6.07 Å². The fraction of sp³-hybridized carbons (Fsp3) is 0.452. The molecule has 3 fully saturated rings. The van der Waals surface area contributed by atoms with E-state index in [0.29, 0.717) is 36.1 Å². The summed E-state index contributed by atoms with van der Waals surface area (Å²) in [5.74, 6) is 0.0188. The minimum Gasteiger partial charge on any atom is -0.341 e. The van der Waals surface area contributed by atoms with Crippen LogP contribution in [0.3, 0.4) is 0 Å². The van der Waals surface area contributed by atoms with Crippen molar-refractivity contribution in [1.29, 1.82) is 0 Å². The van der Waals surface area contributed by atoms with E-state index in [-0.39, 0.29) is 24.3 Å². The third-order valence-electron chi connectivity index (χ3n) is 11.5. The minimum atomic E-state index is -0.991. The van der Waals surface area contributed by atoms with Gasteiger partial charge in [-0.2, -0.15) is 0 Å². The summed E-state index contributed by atoms with van der Waals surface area (Å²) in [6.45, 7) is 1.70. The summed E-state index contributed by atoms with van der Waals surface area (Å²) in [5, 5.41) is 7.28. The molecule has 0 bridgehead atoms. The second-order valence-corrected chi connectivity index (χ2v) is 14.8. The normalized spacial score (nSPS) is 18.4. The van der Waals surface area contributed by atoms with Crippen molar-refractivity contribution in [1.82, 2.24) is 19.7 Å². The van der Waals surface area contributed by atoms with Crippen LogP contribution in [0.4, 0.5) is 5.69 Å². The molecule has 3 amide bonds. The molecule has 2 N–H and O–H groups in total. The van der Waals surface area contributed by atoms with Crippen molar-refractivity contribution in [3.8, 4) is 11.3 Å². The van der Waals surface area contributed by atoms with Crippen molar-refractivity contribution in [2.45, 2.75) is 94.7 Å². The first kappa shape index (κ1) is 34.0. The molecule has 2 heterocycles. The molecule has 8 heteroatoms. The van der Waals surface area contributed by atoms with Crippen molar-refractivity contribution < 1.29 is 14.4 Å². The van der Waals surface area contributed by atoms with E-state index in [4.69, 9.17) is 0 Å². The second kappa shape index (κ2) is 14.8. The zero-order valence-corrected chi connectivity index (χ0v) is 29.5. The third kappa shape index (κ3) is 6.95. The number of fused-ring (bicyclic) bond motifs is 1. The maximum Gasteiger partial charge on any atom is 0.252 e.